The molecule has 0 aliphatic rings. The SMILES string of the molecule is C=CCc1c(C)cccc1OCc1ccc(OC)cc1. The van der Waals surface area contributed by atoms with E-state index in [9.17, 15) is 0 Å². The van der Waals surface area contributed by atoms with Crippen molar-refractivity contribution in [1.82, 2.24) is 0 Å². The first kappa shape index (κ1) is 14.2. The second-order valence-electron chi connectivity index (χ2n) is 4.68. The lowest BCUT2D eigenvalue weighted by Crippen LogP contribution is -2.00. The lowest BCUT2D eigenvalue weighted by Gasteiger charge is -2.13. The zero-order valence-electron chi connectivity index (χ0n) is 12.1. The monoisotopic (exact) mass is 268 g/mol. The Kier molecular flexibility index (Phi) is 4.83. The molecule has 2 nitrogen and oxygen atoms in total. The number of rotatable bonds is 6. The van der Waals surface area contributed by atoms with Crippen LogP contribution in [0.1, 0.15) is 16.7 Å². The minimum absolute atomic E-state index is 0.553. The van der Waals surface area contributed by atoms with E-state index < -0.39 is 0 Å². The fraction of sp³-hybridized carbons (Fsp3) is 0.222. The highest BCUT2D eigenvalue weighted by molar-refractivity contribution is 5.41. The molecule has 0 heterocycles. The van der Waals surface area contributed by atoms with Crippen LogP contribution in [0.2, 0.25) is 0 Å². The van der Waals surface area contributed by atoms with Crippen molar-refractivity contribution in [1.29, 1.82) is 0 Å². The maximum Gasteiger partial charge on any atom is 0.123 e. The van der Waals surface area contributed by atoms with Crippen molar-refractivity contribution in [3.05, 3.63) is 71.8 Å². The van der Waals surface area contributed by atoms with E-state index in [0.717, 1.165) is 23.5 Å². The fourth-order valence-electron chi connectivity index (χ4n) is 2.10. The van der Waals surface area contributed by atoms with Gasteiger partial charge in [-0.05, 0) is 42.7 Å². The molecule has 0 spiro atoms. The van der Waals surface area contributed by atoms with Gasteiger partial charge in [-0.15, -0.1) is 6.58 Å². The number of methoxy groups -OCH3 is 1. The van der Waals surface area contributed by atoms with E-state index in [1.807, 2.05) is 42.5 Å². The molecule has 0 fully saturated rings. The van der Waals surface area contributed by atoms with Crippen LogP contribution in [0.15, 0.2) is 55.1 Å². The van der Waals surface area contributed by atoms with Crippen molar-refractivity contribution < 1.29 is 9.47 Å². The smallest absolute Gasteiger partial charge is 0.123 e. The molecule has 2 heteroatoms. The van der Waals surface area contributed by atoms with Gasteiger partial charge >= 0.3 is 0 Å². The van der Waals surface area contributed by atoms with Gasteiger partial charge in [0.2, 0.25) is 0 Å². The zero-order chi connectivity index (χ0) is 14.4. The molecule has 2 aromatic rings. The van der Waals surface area contributed by atoms with Crippen LogP contribution >= 0.6 is 0 Å². The highest BCUT2D eigenvalue weighted by Gasteiger charge is 2.05. The number of hydrogen-bond donors (Lipinski definition) is 0. The maximum absolute atomic E-state index is 5.94. The minimum atomic E-state index is 0.553. The highest BCUT2D eigenvalue weighted by atomic mass is 16.5. The second-order valence-corrected chi connectivity index (χ2v) is 4.68. The van der Waals surface area contributed by atoms with E-state index in [1.54, 1.807) is 7.11 Å². The summed E-state index contributed by atoms with van der Waals surface area (Å²) >= 11 is 0. The van der Waals surface area contributed by atoms with E-state index >= 15 is 0 Å². The summed E-state index contributed by atoms with van der Waals surface area (Å²) in [6.07, 6.45) is 2.73. The number of ether oxygens (including phenoxy) is 2. The van der Waals surface area contributed by atoms with Crippen molar-refractivity contribution in [3.63, 3.8) is 0 Å². The van der Waals surface area contributed by atoms with Crippen LogP contribution in [0, 0.1) is 6.92 Å². The first-order valence-electron chi connectivity index (χ1n) is 6.69. The lowest BCUT2D eigenvalue weighted by atomic mass is 10.0. The third-order valence-electron chi connectivity index (χ3n) is 3.27. The van der Waals surface area contributed by atoms with E-state index in [-0.39, 0.29) is 0 Å². The second kappa shape index (κ2) is 6.80. The average molecular weight is 268 g/mol. The van der Waals surface area contributed by atoms with Gasteiger partial charge < -0.3 is 9.47 Å². The molecular formula is C18H20O2. The summed E-state index contributed by atoms with van der Waals surface area (Å²) in [4.78, 5) is 0. The van der Waals surface area contributed by atoms with Gasteiger partial charge in [-0.1, -0.05) is 30.3 Å². The van der Waals surface area contributed by atoms with E-state index in [4.69, 9.17) is 9.47 Å². The molecule has 2 rings (SSSR count). The third-order valence-corrected chi connectivity index (χ3v) is 3.27. The first-order chi connectivity index (χ1) is 9.74. The first-order valence-corrected chi connectivity index (χ1v) is 6.69. The van der Waals surface area contributed by atoms with Gasteiger partial charge in [0.25, 0.3) is 0 Å². The Hall–Kier alpha value is -2.22. The highest BCUT2D eigenvalue weighted by Crippen LogP contribution is 2.24. The van der Waals surface area contributed by atoms with Crippen LogP contribution in [0.3, 0.4) is 0 Å². The van der Waals surface area contributed by atoms with Crippen molar-refractivity contribution in [2.45, 2.75) is 20.0 Å². The van der Waals surface area contributed by atoms with Gasteiger partial charge in [-0.25, -0.2) is 0 Å². The van der Waals surface area contributed by atoms with Crippen molar-refractivity contribution in [3.8, 4) is 11.5 Å². The molecule has 0 amide bonds. The van der Waals surface area contributed by atoms with Gasteiger partial charge in [0.15, 0.2) is 0 Å². The van der Waals surface area contributed by atoms with Crippen LogP contribution < -0.4 is 9.47 Å². The molecule has 0 aromatic heterocycles. The van der Waals surface area contributed by atoms with Crippen LogP contribution in [-0.2, 0) is 13.0 Å². The molecule has 0 aliphatic heterocycles. The van der Waals surface area contributed by atoms with E-state index in [0.29, 0.717) is 6.61 Å². The van der Waals surface area contributed by atoms with Gasteiger partial charge in [0.1, 0.15) is 18.1 Å². The van der Waals surface area contributed by atoms with Gasteiger partial charge in [0.05, 0.1) is 7.11 Å². The molecule has 0 saturated heterocycles. The summed E-state index contributed by atoms with van der Waals surface area (Å²) in [6, 6.07) is 14.0. The molecular weight excluding hydrogens is 248 g/mol. The zero-order valence-corrected chi connectivity index (χ0v) is 12.1. The third kappa shape index (κ3) is 3.41. The summed E-state index contributed by atoms with van der Waals surface area (Å²) < 4.78 is 11.1. The summed E-state index contributed by atoms with van der Waals surface area (Å²) in [5, 5.41) is 0. The van der Waals surface area contributed by atoms with Crippen molar-refractivity contribution in [2.75, 3.05) is 7.11 Å². The molecule has 0 N–H and O–H groups in total. The molecule has 0 saturated carbocycles. The summed E-state index contributed by atoms with van der Waals surface area (Å²) in [5.74, 6) is 1.79. The molecule has 0 unspecified atom stereocenters. The topological polar surface area (TPSA) is 18.5 Å². The Bertz CT molecular complexity index is 570. The van der Waals surface area contributed by atoms with E-state index in [2.05, 4.69) is 19.6 Å². The molecule has 104 valence electrons. The fourth-order valence-corrected chi connectivity index (χ4v) is 2.10. The number of benzene rings is 2. The quantitative estimate of drug-likeness (QED) is 0.727. The van der Waals surface area contributed by atoms with Crippen molar-refractivity contribution in [2.24, 2.45) is 0 Å². The Labute approximate surface area is 120 Å². The Morgan fingerprint density at radius 1 is 1.10 bits per heavy atom. The Balaban J connectivity index is 2.09. The number of allylic oxidation sites excluding steroid dienone is 1. The van der Waals surface area contributed by atoms with Crippen LogP contribution in [0.4, 0.5) is 0 Å². The standard InChI is InChI=1S/C18H20O2/c1-4-6-17-14(2)7-5-8-18(17)20-13-15-9-11-16(19-3)12-10-15/h4-5,7-12H,1,6,13H2,2-3H3. The molecule has 0 aliphatic carbocycles. The Morgan fingerprint density at radius 2 is 1.85 bits per heavy atom. The number of hydrogen-bond acceptors (Lipinski definition) is 2. The van der Waals surface area contributed by atoms with E-state index in [1.165, 1.54) is 11.1 Å². The van der Waals surface area contributed by atoms with Crippen LogP contribution in [0.25, 0.3) is 0 Å². The van der Waals surface area contributed by atoms with Crippen LogP contribution in [-0.4, -0.2) is 7.11 Å². The van der Waals surface area contributed by atoms with Gasteiger partial charge in [0, 0.05) is 5.56 Å². The van der Waals surface area contributed by atoms with Gasteiger partial charge in [-0.3, -0.25) is 0 Å². The predicted octanol–water partition coefficient (Wildman–Crippen LogP) is 4.31. The Morgan fingerprint density at radius 3 is 2.50 bits per heavy atom. The molecule has 0 radical (unpaired) electrons. The van der Waals surface area contributed by atoms with Gasteiger partial charge in [-0.2, -0.15) is 0 Å². The lowest BCUT2D eigenvalue weighted by molar-refractivity contribution is 0.303. The van der Waals surface area contributed by atoms with Crippen LogP contribution in [0.5, 0.6) is 11.5 Å². The number of aryl methyl sites for hydroxylation is 1. The largest absolute Gasteiger partial charge is 0.497 e. The predicted molar refractivity (Wildman–Crippen MR) is 82.4 cm³/mol. The normalized spacial score (nSPS) is 10.1. The van der Waals surface area contributed by atoms with Crippen molar-refractivity contribution >= 4 is 0 Å². The molecule has 2 aromatic carbocycles. The maximum atomic E-state index is 5.94. The molecule has 20 heavy (non-hydrogen) atoms. The summed E-state index contributed by atoms with van der Waals surface area (Å²) in [7, 11) is 1.67. The molecule has 0 atom stereocenters. The minimum Gasteiger partial charge on any atom is -0.497 e. The molecule has 0 bridgehead atoms. The average Bonchev–Trinajstić information content (AvgIpc) is 2.48. The summed E-state index contributed by atoms with van der Waals surface area (Å²) in [5.41, 5.74) is 3.56. The summed E-state index contributed by atoms with van der Waals surface area (Å²) in [6.45, 7) is 6.46.